The summed E-state index contributed by atoms with van der Waals surface area (Å²) < 4.78 is 11.1. The van der Waals surface area contributed by atoms with Gasteiger partial charge >= 0.3 is 12.1 Å². The third-order valence-corrected chi connectivity index (χ3v) is 3.03. The van der Waals surface area contributed by atoms with Gasteiger partial charge in [-0.1, -0.05) is 0 Å². The largest absolute Gasteiger partial charge is 0.460 e. The molecule has 0 fully saturated rings. The van der Waals surface area contributed by atoms with Gasteiger partial charge in [-0.2, -0.15) is 0 Å². The van der Waals surface area contributed by atoms with E-state index in [9.17, 15) is 9.59 Å². The molecule has 23 heavy (non-hydrogen) atoms. The molecule has 0 radical (unpaired) electrons. The van der Waals surface area contributed by atoms with Gasteiger partial charge in [0.25, 0.3) is 0 Å². The maximum Gasteiger partial charge on any atom is 0.413 e. The van der Waals surface area contributed by atoms with Gasteiger partial charge in [-0.05, 0) is 69.1 Å². The Labute approximate surface area is 145 Å². The van der Waals surface area contributed by atoms with E-state index in [1.54, 1.807) is 26.8 Å². The fourth-order valence-electron chi connectivity index (χ4n) is 1.63. The number of ether oxygens (including phenoxy) is 2. The minimum atomic E-state index is -0.601. The zero-order chi connectivity index (χ0) is 17.8. The van der Waals surface area contributed by atoms with Gasteiger partial charge in [0.2, 0.25) is 0 Å². The number of rotatable bonds is 3. The van der Waals surface area contributed by atoms with E-state index in [1.807, 2.05) is 20.8 Å². The molecule has 0 atom stereocenters. The Kier molecular flexibility index (Phi) is 6.16. The van der Waals surface area contributed by atoms with Crippen LogP contribution in [0, 0.1) is 0 Å². The highest BCUT2D eigenvalue weighted by molar-refractivity contribution is 9.10. The topological polar surface area (TPSA) is 77.5 Å². The van der Waals surface area contributed by atoms with Crippen molar-refractivity contribution in [2.45, 2.75) is 59.2 Å². The Bertz CT molecular complexity index is 589. The van der Waals surface area contributed by atoms with Crippen molar-refractivity contribution in [2.24, 2.45) is 0 Å². The Morgan fingerprint density at radius 3 is 2.22 bits per heavy atom. The molecule has 0 aliphatic rings. The van der Waals surface area contributed by atoms with Gasteiger partial charge in [-0.15, -0.1) is 0 Å². The number of carbonyl (C=O) groups excluding carboxylic acids is 2. The van der Waals surface area contributed by atoms with Crippen LogP contribution in [0.2, 0.25) is 0 Å². The van der Waals surface area contributed by atoms with Crippen LogP contribution in [-0.4, -0.2) is 28.2 Å². The fourth-order valence-corrected chi connectivity index (χ4v) is 1.98. The molecule has 0 saturated carbocycles. The van der Waals surface area contributed by atoms with Crippen molar-refractivity contribution in [3.8, 4) is 0 Å². The lowest BCUT2D eigenvalue weighted by Gasteiger charge is -2.20. The van der Waals surface area contributed by atoms with Gasteiger partial charge < -0.3 is 9.47 Å². The van der Waals surface area contributed by atoms with Crippen LogP contribution >= 0.6 is 15.9 Å². The number of carbonyl (C=O) groups is 2. The number of nitrogens with one attached hydrogen (secondary N) is 1. The van der Waals surface area contributed by atoms with Crippen LogP contribution in [0.5, 0.6) is 0 Å². The van der Waals surface area contributed by atoms with Crippen LogP contribution in [0.1, 0.15) is 47.1 Å². The van der Waals surface area contributed by atoms with E-state index in [-0.39, 0.29) is 12.4 Å². The molecule has 0 saturated heterocycles. The predicted octanol–water partition coefficient (Wildman–Crippen LogP) is 4.08. The van der Waals surface area contributed by atoms with E-state index in [4.69, 9.17) is 9.47 Å². The van der Waals surface area contributed by atoms with E-state index in [0.717, 1.165) is 0 Å². The van der Waals surface area contributed by atoms with E-state index in [1.165, 1.54) is 6.20 Å². The summed E-state index contributed by atoms with van der Waals surface area (Å²) in [6, 6.07) is 1.61. The smallest absolute Gasteiger partial charge is 0.413 e. The van der Waals surface area contributed by atoms with Crippen LogP contribution in [0.15, 0.2) is 16.7 Å². The first-order chi connectivity index (χ1) is 10.4. The molecule has 128 valence electrons. The lowest BCUT2D eigenvalue weighted by molar-refractivity contribution is -0.153. The summed E-state index contributed by atoms with van der Waals surface area (Å²) in [5.74, 6) is -0.0476. The number of pyridine rings is 1. The molecule has 1 heterocycles. The van der Waals surface area contributed by atoms with Crippen molar-refractivity contribution in [3.63, 3.8) is 0 Å². The second-order valence-electron chi connectivity index (χ2n) is 7.05. The number of amides is 1. The van der Waals surface area contributed by atoms with Crippen LogP contribution in [0.3, 0.4) is 0 Å². The molecule has 1 N–H and O–H groups in total. The van der Waals surface area contributed by atoms with Crippen LogP contribution < -0.4 is 5.32 Å². The number of nitrogens with zero attached hydrogens (tertiary/aromatic N) is 1. The number of anilines is 1. The average molecular weight is 387 g/mol. The van der Waals surface area contributed by atoms with Crippen molar-refractivity contribution in [3.05, 3.63) is 22.3 Å². The molecular weight excluding hydrogens is 364 g/mol. The van der Waals surface area contributed by atoms with Gasteiger partial charge in [-0.25, -0.2) is 9.78 Å². The Morgan fingerprint density at radius 2 is 1.70 bits per heavy atom. The highest BCUT2D eigenvalue weighted by Crippen LogP contribution is 2.21. The summed E-state index contributed by atoms with van der Waals surface area (Å²) in [4.78, 5) is 27.8. The minimum Gasteiger partial charge on any atom is -0.460 e. The summed E-state index contributed by atoms with van der Waals surface area (Å²) in [6.07, 6.45) is 0.992. The molecule has 6 nitrogen and oxygen atoms in total. The van der Waals surface area contributed by atoms with Crippen molar-refractivity contribution in [1.29, 1.82) is 0 Å². The lowest BCUT2D eigenvalue weighted by atomic mass is 10.1. The second kappa shape index (κ2) is 7.29. The number of aromatic nitrogens is 1. The van der Waals surface area contributed by atoms with E-state index >= 15 is 0 Å². The molecule has 1 amide bonds. The quantitative estimate of drug-likeness (QED) is 0.791. The van der Waals surface area contributed by atoms with Crippen molar-refractivity contribution < 1.29 is 19.1 Å². The molecule has 0 unspecified atom stereocenters. The van der Waals surface area contributed by atoms with E-state index in [2.05, 4.69) is 26.2 Å². The highest BCUT2D eigenvalue weighted by Gasteiger charge is 2.19. The van der Waals surface area contributed by atoms with Crippen molar-refractivity contribution in [2.75, 3.05) is 5.32 Å². The maximum absolute atomic E-state index is 11.9. The second-order valence-corrected chi connectivity index (χ2v) is 7.91. The summed E-state index contributed by atoms with van der Waals surface area (Å²) >= 11 is 3.34. The third-order valence-electron chi connectivity index (χ3n) is 2.32. The molecular formula is C16H23BrN2O4. The van der Waals surface area contributed by atoms with Crippen molar-refractivity contribution in [1.82, 2.24) is 4.98 Å². The minimum absolute atomic E-state index is 0.0728. The molecule has 1 aromatic rings. The van der Waals surface area contributed by atoms with Crippen LogP contribution in [-0.2, 0) is 20.7 Å². The van der Waals surface area contributed by atoms with Gasteiger partial charge in [-0.3, -0.25) is 10.1 Å². The van der Waals surface area contributed by atoms with E-state index < -0.39 is 17.3 Å². The van der Waals surface area contributed by atoms with E-state index in [0.29, 0.717) is 15.9 Å². The average Bonchev–Trinajstić information content (AvgIpc) is 2.28. The Hall–Kier alpha value is -1.63. The lowest BCUT2D eigenvalue weighted by Crippen LogP contribution is -2.27. The van der Waals surface area contributed by atoms with Crippen LogP contribution in [0.4, 0.5) is 10.6 Å². The number of hydrogen-bond acceptors (Lipinski definition) is 5. The number of hydrogen-bond donors (Lipinski definition) is 1. The molecule has 0 aliphatic heterocycles. The maximum atomic E-state index is 11.9. The summed E-state index contributed by atoms with van der Waals surface area (Å²) in [5, 5.41) is 2.54. The highest BCUT2D eigenvalue weighted by atomic mass is 79.9. The van der Waals surface area contributed by atoms with Crippen molar-refractivity contribution >= 4 is 33.8 Å². The predicted molar refractivity (Wildman–Crippen MR) is 91.3 cm³/mol. The first kappa shape index (κ1) is 19.4. The standard InChI is InChI=1S/C16H23BrN2O4/c1-15(2,3)22-13(20)8-10-7-12(18-9-11(10)17)19-14(21)23-16(4,5)6/h7,9H,8H2,1-6H3,(H,18,19,21). The molecule has 1 rings (SSSR count). The molecule has 1 aromatic heterocycles. The SMILES string of the molecule is CC(C)(C)OC(=O)Cc1cc(NC(=O)OC(C)(C)C)ncc1Br. The van der Waals surface area contributed by atoms with Crippen LogP contribution in [0.25, 0.3) is 0 Å². The molecule has 7 heteroatoms. The number of esters is 1. The first-order valence-corrected chi connectivity index (χ1v) is 8.01. The fraction of sp³-hybridized carbons (Fsp3) is 0.562. The summed E-state index contributed by atoms with van der Waals surface area (Å²) in [6.45, 7) is 10.7. The Balaban J connectivity index is 2.79. The first-order valence-electron chi connectivity index (χ1n) is 7.22. The van der Waals surface area contributed by atoms with Gasteiger partial charge in [0.15, 0.2) is 0 Å². The molecule has 0 aromatic carbocycles. The number of halogens is 1. The monoisotopic (exact) mass is 386 g/mol. The van der Waals surface area contributed by atoms with Gasteiger partial charge in [0.05, 0.1) is 6.42 Å². The third kappa shape index (κ3) is 7.97. The van der Waals surface area contributed by atoms with Gasteiger partial charge in [0, 0.05) is 10.7 Å². The molecule has 0 aliphatic carbocycles. The molecule has 0 bridgehead atoms. The zero-order valence-electron chi connectivity index (χ0n) is 14.3. The molecule has 0 spiro atoms. The Morgan fingerprint density at radius 1 is 1.13 bits per heavy atom. The normalized spacial score (nSPS) is 11.8. The zero-order valence-corrected chi connectivity index (χ0v) is 15.9. The summed E-state index contributed by atoms with van der Waals surface area (Å²) in [5.41, 5.74) is -0.479. The van der Waals surface area contributed by atoms with Gasteiger partial charge in [0.1, 0.15) is 17.0 Å². The summed E-state index contributed by atoms with van der Waals surface area (Å²) in [7, 11) is 0.